The Balaban J connectivity index is 1.65. The van der Waals surface area contributed by atoms with Gasteiger partial charge in [-0.1, -0.05) is 0 Å². The van der Waals surface area contributed by atoms with Crippen LogP contribution in [0.1, 0.15) is 12.1 Å². The molecule has 108 valence electrons. The lowest BCUT2D eigenvalue weighted by Gasteiger charge is -2.19. The number of oxazole rings is 1. The van der Waals surface area contributed by atoms with E-state index in [1.807, 2.05) is 4.90 Å². The second-order valence-electron chi connectivity index (χ2n) is 5.17. The molecule has 0 amide bonds. The van der Waals surface area contributed by atoms with E-state index in [0.717, 1.165) is 0 Å². The Bertz CT molecular complexity index is 787. The second kappa shape index (κ2) is 4.26. The fraction of sp³-hybridized carbons (Fsp3) is 0.308. The number of aromatic nitrogens is 4. The molecule has 21 heavy (non-hydrogen) atoms. The minimum absolute atomic E-state index is 0.300. The lowest BCUT2D eigenvalue weighted by Crippen LogP contribution is -2.31. The molecule has 2 N–H and O–H groups in total. The van der Waals surface area contributed by atoms with E-state index in [2.05, 4.69) is 20.4 Å². The van der Waals surface area contributed by atoms with Gasteiger partial charge in [0.25, 0.3) is 6.01 Å². The zero-order valence-corrected chi connectivity index (χ0v) is 11.0. The van der Waals surface area contributed by atoms with E-state index in [-0.39, 0.29) is 5.82 Å². The number of anilines is 1. The van der Waals surface area contributed by atoms with Crippen LogP contribution in [0.15, 0.2) is 28.8 Å². The monoisotopic (exact) mass is 289 g/mol. The van der Waals surface area contributed by atoms with Crippen molar-refractivity contribution in [2.75, 3.05) is 18.0 Å². The van der Waals surface area contributed by atoms with E-state index in [4.69, 9.17) is 4.42 Å². The van der Waals surface area contributed by atoms with Crippen molar-refractivity contribution in [2.24, 2.45) is 0 Å². The van der Waals surface area contributed by atoms with Crippen LogP contribution in [0.25, 0.3) is 11.1 Å². The van der Waals surface area contributed by atoms with Gasteiger partial charge in [-0.25, -0.2) is 4.39 Å². The first-order valence-electron chi connectivity index (χ1n) is 6.54. The lowest BCUT2D eigenvalue weighted by molar-refractivity contribution is 0.0557. The molecule has 1 aromatic carbocycles. The van der Waals surface area contributed by atoms with Crippen molar-refractivity contribution >= 4 is 17.1 Å². The number of β-amino-alcohol motifs (C(OH)–C–C–N with tert-alkyl or cyclic N) is 1. The topological polar surface area (TPSA) is 91.1 Å². The fourth-order valence-electron chi connectivity index (χ4n) is 2.62. The summed E-state index contributed by atoms with van der Waals surface area (Å²) < 4.78 is 18.8. The Kier molecular flexibility index (Phi) is 2.49. The maximum absolute atomic E-state index is 13.2. The van der Waals surface area contributed by atoms with Crippen LogP contribution in [0.2, 0.25) is 0 Å². The average molecular weight is 289 g/mol. The van der Waals surface area contributed by atoms with Crippen molar-refractivity contribution in [1.29, 1.82) is 0 Å². The summed E-state index contributed by atoms with van der Waals surface area (Å²) in [5.74, 6) is -0.358. The highest BCUT2D eigenvalue weighted by Crippen LogP contribution is 2.34. The van der Waals surface area contributed by atoms with Crippen molar-refractivity contribution in [1.82, 2.24) is 20.4 Å². The van der Waals surface area contributed by atoms with Crippen molar-refractivity contribution in [3.63, 3.8) is 0 Å². The van der Waals surface area contributed by atoms with Gasteiger partial charge in [-0.15, -0.1) is 0 Å². The first kappa shape index (κ1) is 12.3. The number of benzene rings is 1. The van der Waals surface area contributed by atoms with Crippen LogP contribution in [0.3, 0.4) is 0 Å². The van der Waals surface area contributed by atoms with E-state index in [1.165, 1.54) is 18.3 Å². The molecular formula is C13H12FN5O2. The first-order chi connectivity index (χ1) is 10.1. The normalized spacial score (nSPS) is 22.3. The van der Waals surface area contributed by atoms with Gasteiger partial charge >= 0.3 is 0 Å². The molecule has 0 saturated carbocycles. The van der Waals surface area contributed by atoms with Crippen molar-refractivity contribution in [2.45, 2.75) is 12.0 Å². The standard InChI is InChI=1S/C13H12FN5O2/c14-8-1-2-10-9(5-8)16-12(21-10)19-4-3-13(20,7-19)11-6-15-18-17-11/h1-2,5-6,20H,3-4,7H2,(H,15,17,18). The van der Waals surface area contributed by atoms with E-state index in [9.17, 15) is 9.50 Å². The summed E-state index contributed by atoms with van der Waals surface area (Å²) in [5, 5.41) is 20.8. The van der Waals surface area contributed by atoms with Gasteiger partial charge in [-0.05, 0) is 12.1 Å². The first-order valence-corrected chi connectivity index (χ1v) is 6.54. The summed E-state index contributed by atoms with van der Waals surface area (Å²) in [6.45, 7) is 0.869. The fourth-order valence-corrected chi connectivity index (χ4v) is 2.62. The number of rotatable bonds is 2. The zero-order valence-electron chi connectivity index (χ0n) is 11.0. The van der Waals surface area contributed by atoms with Crippen LogP contribution in [-0.2, 0) is 5.60 Å². The van der Waals surface area contributed by atoms with Crippen molar-refractivity contribution in [3.8, 4) is 0 Å². The van der Waals surface area contributed by atoms with Gasteiger partial charge in [0.15, 0.2) is 5.58 Å². The number of H-pyrrole nitrogens is 1. The largest absolute Gasteiger partial charge is 0.423 e. The molecule has 1 saturated heterocycles. The van der Waals surface area contributed by atoms with Gasteiger partial charge in [-0.3, -0.25) is 0 Å². The highest BCUT2D eigenvalue weighted by Gasteiger charge is 2.41. The molecule has 1 aliphatic heterocycles. The molecule has 4 rings (SSSR count). The Morgan fingerprint density at radius 2 is 2.33 bits per heavy atom. The number of nitrogens with zero attached hydrogens (tertiary/aromatic N) is 4. The molecule has 0 radical (unpaired) electrons. The summed E-state index contributed by atoms with van der Waals surface area (Å²) in [6, 6.07) is 4.56. The van der Waals surface area contributed by atoms with Gasteiger partial charge in [0, 0.05) is 19.0 Å². The van der Waals surface area contributed by atoms with Crippen LogP contribution in [-0.4, -0.2) is 38.6 Å². The van der Waals surface area contributed by atoms with E-state index in [1.54, 1.807) is 6.07 Å². The molecule has 2 aromatic heterocycles. The summed E-state index contributed by atoms with van der Waals surface area (Å²) in [7, 11) is 0. The van der Waals surface area contributed by atoms with Crippen molar-refractivity contribution in [3.05, 3.63) is 35.9 Å². The quantitative estimate of drug-likeness (QED) is 0.736. The third-order valence-electron chi connectivity index (χ3n) is 3.75. The predicted octanol–water partition coefficient (Wildman–Crippen LogP) is 1.18. The Morgan fingerprint density at radius 3 is 3.14 bits per heavy atom. The average Bonchev–Trinajstić information content (AvgIpc) is 3.16. The minimum atomic E-state index is -1.08. The Labute approximate surface area is 118 Å². The van der Waals surface area contributed by atoms with Crippen LogP contribution < -0.4 is 4.90 Å². The van der Waals surface area contributed by atoms with Crippen LogP contribution in [0.4, 0.5) is 10.4 Å². The maximum Gasteiger partial charge on any atom is 0.298 e. The molecule has 3 heterocycles. The summed E-state index contributed by atoms with van der Waals surface area (Å²) in [4.78, 5) is 6.08. The van der Waals surface area contributed by atoms with Crippen LogP contribution >= 0.6 is 0 Å². The molecule has 0 spiro atoms. The van der Waals surface area contributed by atoms with Crippen LogP contribution in [0.5, 0.6) is 0 Å². The van der Waals surface area contributed by atoms with Gasteiger partial charge in [0.2, 0.25) is 0 Å². The molecule has 1 fully saturated rings. The lowest BCUT2D eigenvalue weighted by atomic mass is 10.0. The number of aliphatic hydroxyl groups is 1. The smallest absolute Gasteiger partial charge is 0.298 e. The third-order valence-corrected chi connectivity index (χ3v) is 3.75. The number of aromatic amines is 1. The highest BCUT2D eigenvalue weighted by molar-refractivity contribution is 5.74. The zero-order chi connectivity index (χ0) is 14.4. The second-order valence-corrected chi connectivity index (χ2v) is 5.17. The number of nitrogens with one attached hydrogen (secondary N) is 1. The van der Waals surface area contributed by atoms with Gasteiger partial charge in [0.05, 0.1) is 12.7 Å². The van der Waals surface area contributed by atoms with Gasteiger partial charge in [-0.2, -0.15) is 20.4 Å². The molecule has 1 unspecified atom stereocenters. The van der Waals surface area contributed by atoms with Gasteiger partial charge < -0.3 is 14.4 Å². The van der Waals surface area contributed by atoms with Crippen LogP contribution in [0, 0.1) is 5.82 Å². The summed E-state index contributed by atoms with van der Waals surface area (Å²) in [6.07, 6.45) is 2.00. The van der Waals surface area contributed by atoms with Crippen molar-refractivity contribution < 1.29 is 13.9 Å². The molecular weight excluding hydrogens is 277 g/mol. The van der Waals surface area contributed by atoms with E-state index >= 15 is 0 Å². The molecule has 7 nitrogen and oxygen atoms in total. The molecule has 0 bridgehead atoms. The van der Waals surface area contributed by atoms with Gasteiger partial charge in [0.1, 0.15) is 22.6 Å². The van der Waals surface area contributed by atoms with E-state index < -0.39 is 5.60 Å². The SMILES string of the molecule is OC1(c2cn[nH]n2)CCN(c2nc3cc(F)ccc3o2)C1. The maximum atomic E-state index is 13.2. The third kappa shape index (κ3) is 1.95. The molecule has 1 aliphatic rings. The molecule has 3 aromatic rings. The number of halogens is 1. The molecule has 1 atom stereocenters. The Morgan fingerprint density at radius 1 is 1.43 bits per heavy atom. The summed E-state index contributed by atoms with van der Waals surface area (Å²) in [5.41, 5.74) is 0.385. The number of hydrogen-bond donors (Lipinski definition) is 2. The predicted molar refractivity (Wildman–Crippen MR) is 71.1 cm³/mol. The number of fused-ring (bicyclic) bond motifs is 1. The minimum Gasteiger partial charge on any atom is -0.423 e. The summed E-state index contributed by atoms with van der Waals surface area (Å²) >= 11 is 0. The Hall–Kier alpha value is -2.48. The van der Waals surface area contributed by atoms with E-state index in [0.29, 0.717) is 42.3 Å². The molecule has 8 heteroatoms. The number of hydrogen-bond acceptors (Lipinski definition) is 6. The molecule has 0 aliphatic carbocycles. The highest BCUT2D eigenvalue weighted by atomic mass is 19.1.